The highest BCUT2D eigenvalue weighted by Crippen LogP contribution is 2.19. The Morgan fingerprint density at radius 1 is 1.20 bits per heavy atom. The number of benzene rings is 2. The highest BCUT2D eigenvalue weighted by Gasteiger charge is 2.21. The van der Waals surface area contributed by atoms with E-state index in [1.807, 2.05) is 30.3 Å². The van der Waals surface area contributed by atoms with Gasteiger partial charge < -0.3 is 14.3 Å². The monoisotopic (exact) mass is 378 g/mol. The van der Waals surface area contributed by atoms with E-state index in [2.05, 4.69) is 5.32 Å². The first-order chi connectivity index (χ1) is 11.9. The number of aryl methyl sites for hydroxylation is 1. The van der Waals surface area contributed by atoms with Crippen molar-refractivity contribution in [1.82, 2.24) is 0 Å². The van der Waals surface area contributed by atoms with E-state index in [0.717, 1.165) is 5.69 Å². The number of oxazole rings is 1. The van der Waals surface area contributed by atoms with Crippen LogP contribution < -0.4 is 9.88 Å². The van der Waals surface area contributed by atoms with Crippen LogP contribution in [0.4, 0.5) is 5.69 Å². The normalized spacial score (nSPS) is 12.1. The van der Waals surface area contributed by atoms with Crippen molar-refractivity contribution in [3.63, 3.8) is 0 Å². The number of para-hydroxylation sites is 1. The number of anilines is 1. The maximum atomic E-state index is 11.0. The number of hydrogen-bond donors (Lipinski definition) is 1. The molecule has 0 unspecified atom stereocenters. The molecular formula is C17H15ClN2O4S. The molecule has 2 aromatic carbocycles. The van der Waals surface area contributed by atoms with Gasteiger partial charge in [0.1, 0.15) is 10.1 Å². The molecule has 0 aliphatic rings. The number of rotatable bonds is 6. The van der Waals surface area contributed by atoms with Gasteiger partial charge in [-0.2, -0.15) is 4.57 Å². The number of aromatic nitrogens is 1. The number of hydrogen-bond acceptors (Lipinski definition) is 5. The molecule has 1 heterocycles. The molecule has 0 aliphatic carbocycles. The Labute approximate surface area is 150 Å². The van der Waals surface area contributed by atoms with Gasteiger partial charge in [0.05, 0.1) is 11.8 Å². The van der Waals surface area contributed by atoms with Gasteiger partial charge in [0.2, 0.25) is 5.58 Å². The lowest BCUT2D eigenvalue weighted by Crippen LogP contribution is -2.38. The summed E-state index contributed by atoms with van der Waals surface area (Å²) in [6, 6.07) is 14.6. The second kappa shape index (κ2) is 7.26. The molecule has 0 amide bonds. The lowest BCUT2D eigenvalue weighted by molar-refractivity contribution is -0.673. The summed E-state index contributed by atoms with van der Waals surface area (Å²) >= 11 is 6.01. The predicted octanol–water partition coefficient (Wildman–Crippen LogP) is 3.00. The first-order valence-corrected chi connectivity index (χ1v) is 9.41. The Bertz CT molecular complexity index is 1010. The van der Waals surface area contributed by atoms with Crippen molar-refractivity contribution >= 4 is 44.6 Å². The molecule has 0 atom stereocenters. The predicted molar refractivity (Wildman–Crippen MR) is 95.1 cm³/mol. The zero-order valence-corrected chi connectivity index (χ0v) is 14.6. The third-order valence-electron chi connectivity index (χ3n) is 3.51. The van der Waals surface area contributed by atoms with Crippen LogP contribution in [0.5, 0.6) is 0 Å². The van der Waals surface area contributed by atoms with Crippen molar-refractivity contribution in [3.05, 3.63) is 65.6 Å². The molecule has 0 bridgehead atoms. The first kappa shape index (κ1) is 17.5. The highest BCUT2D eigenvalue weighted by atomic mass is 35.5. The van der Waals surface area contributed by atoms with E-state index < -0.39 is 15.9 Å². The molecular weight excluding hydrogens is 364 g/mol. The number of fused-ring (bicyclic) bond motifs is 1. The first-order valence-electron chi connectivity index (χ1n) is 7.46. The van der Waals surface area contributed by atoms with Crippen LogP contribution in [0, 0.1) is 0 Å². The summed E-state index contributed by atoms with van der Waals surface area (Å²) in [5.74, 6) is -0.129. The third kappa shape index (κ3) is 4.60. The second-order valence-corrected chi connectivity index (χ2v) is 7.27. The molecule has 0 saturated carbocycles. The van der Waals surface area contributed by atoms with E-state index in [1.165, 1.54) is 0 Å². The summed E-state index contributed by atoms with van der Waals surface area (Å²) in [5, 5.41) is 3.58. The summed E-state index contributed by atoms with van der Waals surface area (Å²) in [6.45, 7) is -0.0236. The molecule has 0 radical (unpaired) electrons. The quantitative estimate of drug-likeness (QED) is 0.526. The van der Waals surface area contributed by atoms with Gasteiger partial charge in [-0.15, -0.1) is 0 Å². The van der Waals surface area contributed by atoms with Crippen LogP contribution in [-0.2, 0) is 16.7 Å². The molecule has 3 rings (SSSR count). The minimum Gasteiger partial charge on any atom is -0.748 e. The topological polar surface area (TPSA) is 86.2 Å². The van der Waals surface area contributed by atoms with Crippen molar-refractivity contribution in [2.75, 3.05) is 11.1 Å². The highest BCUT2D eigenvalue weighted by molar-refractivity contribution is 7.85. The van der Waals surface area contributed by atoms with E-state index in [1.54, 1.807) is 35.0 Å². The van der Waals surface area contributed by atoms with Gasteiger partial charge in [-0.05, 0) is 24.3 Å². The van der Waals surface area contributed by atoms with Crippen molar-refractivity contribution in [2.24, 2.45) is 0 Å². The van der Waals surface area contributed by atoms with Crippen molar-refractivity contribution in [3.8, 4) is 0 Å². The largest absolute Gasteiger partial charge is 0.748 e. The second-order valence-electron chi connectivity index (χ2n) is 5.31. The molecule has 3 aromatic rings. The molecule has 25 heavy (non-hydrogen) atoms. The Hall–Kier alpha value is -2.35. The molecule has 0 aliphatic heterocycles. The molecule has 130 valence electrons. The fourth-order valence-corrected chi connectivity index (χ4v) is 2.95. The average molecular weight is 379 g/mol. The van der Waals surface area contributed by atoms with Gasteiger partial charge in [-0.25, -0.2) is 8.42 Å². The average Bonchev–Trinajstić information content (AvgIpc) is 2.90. The van der Waals surface area contributed by atoms with E-state index >= 15 is 0 Å². The summed E-state index contributed by atoms with van der Waals surface area (Å²) in [4.78, 5) is 0. The van der Waals surface area contributed by atoms with Crippen molar-refractivity contribution in [1.29, 1.82) is 0 Å². The number of nitrogens with one attached hydrogen (secondary N) is 1. The number of halogens is 1. The van der Waals surface area contributed by atoms with Crippen LogP contribution in [0.25, 0.3) is 17.2 Å². The van der Waals surface area contributed by atoms with Crippen LogP contribution in [0.1, 0.15) is 5.89 Å². The zero-order chi connectivity index (χ0) is 17.9. The van der Waals surface area contributed by atoms with E-state index in [4.69, 9.17) is 16.0 Å². The van der Waals surface area contributed by atoms with E-state index in [0.29, 0.717) is 22.0 Å². The SMILES string of the molecule is O=S(=O)([O-])CC[n+]1c(C=CNc2ccccc2)oc2ccc(Cl)cc21. The maximum absolute atomic E-state index is 11.0. The van der Waals surface area contributed by atoms with Gasteiger partial charge in [0.25, 0.3) is 5.52 Å². The van der Waals surface area contributed by atoms with Crippen LogP contribution in [0.3, 0.4) is 0 Å². The van der Waals surface area contributed by atoms with Crippen LogP contribution in [0.15, 0.2) is 59.1 Å². The molecule has 1 N–H and O–H groups in total. The summed E-state index contributed by atoms with van der Waals surface area (Å²) < 4.78 is 40.3. The summed E-state index contributed by atoms with van der Waals surface area (Å²) in [7, 11) is -4.34. The zero-order valence-electron chi connectivity index (χ0n) is 13.1. The summed E-state index contributed by atoms with van der Waals surface area (Å²) in [5.41, 5.74) is 2.06. The summed E-state index contributed by atoms with van der Waals surface area (Å²) in [6.07, 6.45) is 3.34. The fraction of sp³-hybridized carbons (Fsp3) is 0.118. The molecule has 6 nitrogen and oxygen atoms in total. The molecule has 1 aromatic heterocycles. The number of nitrogens with zero attached hydrogens (tertiary/aromatic N) is 1. The molecule has 0 spiro atoms. The van der Waals surface area contributed by atoms with Crippen LogP contribution >= 0.6 is 11.6 Å². The Morgan fingerprint density at radius 2 is 1.96 bits per heavy atom. The Morgan fingerprint density at radius 3 is 2.68 bits per heavy atom. The van der Waals surface area contributed by atoms with E-state index in [-0.39, 0.29) is 6.54 Å². The van der Waals surface area contributed by atoms with Gasteiger partial charge in [0.15, 0.2) is 6.54 Å². The Kier molecular flexibility index (Phi) is 5.08. The van der Waals surface area contributed by atoms with Gasteiger partial charge in [0, 0.05) is 23.0 Å². The standard InChI is InChI=1S/C17H15ClN2O4S/c18-13-6-7-16-15(12-13)20(10-11-25(21,22)23)17(24-16)8-9-19-14-4-2-1-3-5-14/h1-9,12H,10-11H2,(H,21,22,23). The fourth-order valence-electron chi connectivity index (χ4n) is 2.38. The Balaban J connectivity index is 1.92. The molecule has 8 heteroatoms. The lowest BCUT2D eigenvalue weighted by atomic mass is 10.3. The van der Waals surface area contributed by atoms with Gasteiger partial charge >= 0.3 is 5.89 Å². The minimum absolute atomic E-state index is 0.0236. The van der Waals surface area contributed by atoms with Gasteiger partial charge in [-0.3, -0.25) is 0 Å². The van der Waals surface area contributed by atoms with E-state index in [9.17, 15) is 13.0 Å². The van der Waals surface area contributed by atoms with Crippen molar-refractivity contribution < 1.29 is 22.0 Å². The van der Waals surface area contributed by atoms with Crippen LogP contribution in [-0.4, -0.2) is 18.7 Å². The smallest absolute Gasteiger partial charge is 0.375 e. The van der Waals surface area contributed by atoms with Gasteiger partial charge in [-0.1, -0.05) is 29.8 Å². The minimum atomic E-state index is -4.34. The lowest BCUT2D eigenvalue weighted by Gasteiger charge is -2.03. The van der Waals surface area contributed by atoms with Crippen molar-refractivity contribution in [2.45, 2.75) is 6.54 Å². The molecule has 0 saturated heterocycles. The van der Waals surface area contributed by atoms with Crippen LogP contribution in [0.2, 0.25) is 5.02 Å². The maximum Gasteiger partial charge on any atom is 0.375 e. The molecule has 0 fully saturated rings. The third-order valence-corrected chi connectivity index (χ3v) is 4.42.